The number of amides is 2. The van der Waals surface area contributed by atoms with E-state index in [0.717, 1.165) is 38.9 Å². The zero-order valence-corrected chi connectivity index (χ0v) is 11.1. The summed E-state index contributed by atoms with van der Waals surface area (Å²) in [4.78, 5) is 24.4. The maximum atomic E-state index is 11.7. The van der Waals surface area contributed by atoms with E-state index in [1.54, 1.807) is 0 Å². The summed E-state index contributed by atoms with van der Waals surface area (Å²) in [6, 6.07) is 0. The highest BCUT2D eigenvalue weighted by atomic mass is 35.5. The first-order chi connectivity index (χ1) is 8.13. The molecule has 0 radical (unpaired) electrons. The molecular weight excluding hydrogens is 240 g/mol. The van der Waals surface area contributed by atoms with Crippen molar-refractivity contribution in [3.8, 4) is 0 Å². The molecule has 0 saturated carbocycles. The first kappa shape index (κ1) is 14.3. The Hall–Kier alpha value is -0.770. The van der Waals surface area contributed by atoms with Gasteiger partial charge in [0.2, 0.25) is 11.8 Å². The van der Waals surface area contributed by atoms with Crippen LogP contribution in [0.1, 0.15) is 32.6 Å². The quantitative estimate of drug-likeness (QED) is 0.760. The van der Waals surface area contributed by atoms with Gasteiger partial charge in [0.15, 0.2) is 0 Å². The molecule has 1 N–H and O–H groups in total. The number of alkyl halides is 1. The lowest BCUT2D eigenvalue weighted by atomic mass is 9.96. The number of nitrogens with one attached hydrogen (secondary N) is 1. The fraction of sp³-hybridized carbons (Fsp3) is 0.833. The molecule has 2 amide bonds. The predicted octanol–water partition coefficient (Wildman–Crippen LogP) is 1.38. The molecule has 0 spiro atoms. The molecule has 98 valence electrons. The number of halogens is 1. The monoisotopic (exact) mass is 260 g/mol. The van der Waals surface area contributed by atoms with E-state index in [2.05, 4.69) is 5.32 Å². The second-order valence-electron chi connectivity index (χ2n) is 4.55. The zero-order chi connectivity index (χ0) is 12.7. The van der Waals surface area contributed by atoms with Crippen LogP contribution in [-0.4, -0.2) is 42.2 Å². The molecule has 5 heteroatoms. The van der Waals surface area contributed by atoms with E-state index < -0.39 is 0 Å². The van der Waals surface area contributed by atoms with Crippen molar-refractivity contribution in [3.05, 3.63) is 0 Å². The minimum atomic E-state index is 0.0191. The maximum absolute atomic E-state index is 11.7. The second-order valence-corrected chi connectivity index (χ2v) is 4.93. The molecule has 0 unspecified atom stereocenters. The zero-order valence-electron chi connectivity index (χ0n) is 10.4. The highest BCUT2D eigenvalue weighted by molar-refractivity contribution is 6.17. The third-order valence-corrected chi connectivity index (χ3v) is 3.40. The van der Waals surface area contributed by atoms with Crippen LogP contribution < -0.4 is 5.32 Å². The molecule has 1 heterocycles. The van der Waals surface area contributed by atoms with Gasteiger partial charge >= 0.3 is 0 Å². The van der Waals surface area contributed by atoms with Gasteiger partial charge in [0.1, 0.15) is 0 Å². The molecule has 1 aliphatic heterocycles. The van der Waals surface area contributed by atoms with Crippen LogP contribution in [0, 0.1) is 5.92 Å². The number of carbonyl (C=O) groups excluding carboxylic acids is 2. The van der Waals surface area contributed by atoms with Gasteiger partial charge in [0.25, 0.3) is 0 Å². The number of likely N-dealkylation sites (tertiary alicyclic amines) is 1. The van der Waals surface area contributed by atoms with Crippen LogP contribution in [-0.2, 0) is 9.59 Å². The van der Waals surface area contributed by atoms with Crippen molar-refractivity contribution in [2.45, 2.75) is 32.6 Å². The smallest absolute Gasteiger partial charge is 0.222 e. The summed E-state index contributed by atoms with van der Waals surface area (Å²) in [6.07, 6.45) is 3.27. The number of carbonyl (C=O) groups is 2. The topological polar surface area (TPSA) is 49.4 Å². The SMILES string of the molecule is CC(=O)NCC1CCN(C(=O)CCCCl)CC1. The minimum Gasteiger partial charge on any atom is -0.356 e. The Bertz CT molecular complexity index is 263. The van der Waals surface area contributed by atoms with E-state index >= 15 is 0 Å². The number of piperidine rings is 1. The Morgan fingerprint density at radius 2 is 2.00 bits per heavy atom. The van der Waals surface area contributed by atoms with Crippen LogP contribution in [0.3, 0.4) is 0 Å². The van der Waals surface area contributed by atoms with Crippen LogP contribution in [0.4, 0.5) is 0 Å². The Labute approximate surface area is 108 Å². The van der Waals surface area contributed by atoms with Gasteiger partial charge in [-0.2, -0.15) is 0 Å². The second kappa shape index (κ2) is 7.54. The highest BCUT2D eigenvalue weighted by Gasteiger charge is 2.22. The summed E-state index contributed by atoms with van der Waals surface area (Å²) in [5.41, 5.74) is 0. The molecular formula is C12H21ClN2O2. The molecule has 1 saturated heterocycles. The third kappa shape index (κ3) is 5.39. The van der Waals surface area contributed by atoms with Gasteiger partial charge in [-0.3, -0.25) is 9.59 Å². The van der Waals surface area contributed by atoms with Gasteiger partial charge in [-0.05, 0) is 25.2 Å². The molecule has 0 aromatic heterocycles. The lowest BCUT2D eigenvalue weighted by molar-refractivity contribution is -0.132. The molecule has 0 aromatic rings. The van der Waals surface area contributed by atoms with Crippen LogP contribution in [0.25, 0.3) is 0 Å². The van der Waals surface area contributed by atoms with Crippen LogP contribution in [0.2, 0.25) is 0 Å². The summed E-state index contributed by atoms with van der Waals surface area (Å²) in [5.74, 6) is 1.29. The standard InChI is InChI=1S/C12H21ClN2O2/c1-10(16)14-9-11-4-7-15(8-5-11)12(17)3-2-6-13/h11H,2-9H2,1H3,(H,14,16). The minimum absolute atomic E-state index is 0.0191. The van der Waals surface area contributed by atoms with E-state index in [4.69, 9.17) is 11.6 Å². The number of rotatable bonds is 5. The van der Waals surface area contributed by atoms with Crippen LogP contribution in [0.15, 0.2) is 0 Å². The maximum Gasteiger partial charge on any atom is 0.222 e. The molecule has 1 fully saturated rings. The normalized spacial score (nSPS) is 16.9. The summed E-state index contributed by atoms with van der Waals surface area (Å²) in [6.45, 7) is 3.89. The van der Waals surface area contributed by atoms with E-state index in [1.807, 2.05) is 4.90 Å². The van der Waals surface area contributed by atoms with Crippen molar-refractivity contribution in [3.63, 3.8) is 0 Å². The summed E-state index contributed by atoms with van der Waals surface area (Å²) in [7, 11) is 0. The molecule has 1 aliphatic rings. The predicted molar refractivity (Wildman–Crippen MR) is 67.9 cm³/mol. The fourth-order valence-corrected chi connectivity index (χ4v) is 2.18. The lowest BCUT2D eigenvalue weighted by Crippen LogP contribution is -2.41. The van der Waals surface area contributed by atoms with Gasteiger partial charge in [-0.25, -0.2) is 0 Å². The van der Waals surface area contributed by atoms with Crippen molar-refractivity contribution >= 4 is 23.4 Å². The van der Waals surface area contributed by atoms with Crippen molar-refractivity contribution in [1.82, 2.24) is 10.2 Å². The van der Waals surface area contributed by atoms with Crippen LogP contribution in [0.5, 0.6) is 0 Å². The van der Waals surface area contributed by atoms with Gasteiger partial charge in [0, 0.05) is 38.9 Å². The van der Waals surface area contributed by atoms with Gasteiger partial charge in [-0.15, -0.1) is 11.6 Å². The first-order valence-electron chi connectivity index (χ1n) is 6.21. The molecule has 17 heavy (non-hydrogen) atoms. The Kier molecular flexibility index (Phi) is 6.34. The molecule has 0 bridgehead atoms. The molecule has 0 aromatic carbocycles. The lowest BCUT2D eigenvalue weighted by Gasteiger charge is -2.32. The van der Waals surface area contributed by atoms with Crippen molar-refractivity contribution < 1.29 is 9.59 Å². The van der Waals surface area contributed by atoms with E-state index in [0.29, 0.717) is 18.2 Å². The van der Waals surface area contributed by atoms with E-state index in [1.165, 1.54) is 6.92 Å². The Balaban J connectivity index is 2.20. The Morgan fingerprint density at radius 3 is 2.53 bits per heavy atom. The average molecular weight is 261 g/mol. The molecule has 1 rings (SSSR count). The average Bonchev–Trinajstić information content (AvgIpc) is 2.34. The van der Waals surface area contributed by atoms with Crippen molar-refractivity contribution in [2.24, 2.45) is 5.92 Å². The van der Waals surface area contributed by atoms with Crippen molar-refractivity contribution in [2.75, 3.05) is 25.5 Å². The molecule has 4 nitrogen and oxygen atoms in total. The third-order valence-electron chi connectivity index (χ3n) is 3.13. The first-order valence-corrected chi connectivity index (χ1v) is 6.75. The number of nitrogens with zero attached hydrogens (tertiary/aromatic N) is 1. The van der Waals surface area contributed by atoms with Gasteiger partial charge in [0.05, 0.1) is 0 Å². The molecule has 0 atom stereocenters. The summed E-state index contributed by atoms with van der Waals surface area (Å²) >= 11 is 5.57. The van der Waals surface area contributed by atoms with E-state index in [-0.39, 0.29) is 11.8 Å². The van der Waals surface area contributed by atoms with E-state index in [9.17, 15) is 9.59 Å². The largest absolute Gasteiger partial charge is 0.356 e. The van der Waals surface area contributed by atoms with Crippen molar-refractivity contribution in [1.29, 1.82) is 0 Å². The summed E-state index contributed by atoms with van der Waals surface area (Å²) in [5, 5.41) is 2.83. The van der Waals surface area contributed by atoms with Crippen LogP contribution >= 0.6 is 11.6 Å². The number of hydrogen-bond acceptors (Lipinski definition) is 2. The fourth-order valence-electron chi connectivity index (χ4n) is 2.05. The van der Waals surface area contributed by atoms with Gasteiger partial charge in [-0.1, -0.05) is 0 Å². The van der Waals surface area contributed by atoms with Gasteiger partial charge < -0.3 is 10.2 Å². The molecule has 0 aliphatic carbocycles. The Morgan fingerprint density at radius 1 is 1.35 bits per heavy atom. The summed E-state index contributed by atoms with van der Waals surface area (Å²) < 4.78 is 0. The number of hydrogen-bond donors (Lipinski definition) is 1. The highest BCUT2D eigenvalue weighted by Crippen LogP contribution is 2.17.